The van der Waals surface area contributed by atoms with E-state index in [2.05, 4.69) is 16.4 Å². The summed E-state index contributed by atoms with van der Waals surface area (Å²) in [5, 5.41) is 2.98. The van der Waals surface area contributed by atoms with E-state index in [0.29, 0.717) is 11.2 Å². The summed E-state index contributed by atoms with van der Waals surface area (Å²) in [6.07, 6.45) is 4.32. The molecule has 1 aliphatic carbocycles. The molecule has 1 atom stereocenters. The van der Waals surface area contributed by atoms with E-state index in [4.69, 9.17) is 0 Å². The lowest BCUT2D eigenvalue weighted by atomic mass is 9.88. The molecule has 0 saturated heterocycles. The molecular formula is C19H21N5O3. The highest BCUT2D eigenvalue weighted by molar-refractivity contribution is 5.77. The highest BCUT2D eigenvalue weighted by Gasteiger charge is 2.23. The molecule has 8 heteroatoms. The van der Waals surface area contributed by atoms with Gasteiger partial charge in [0.15, 0.2) is 11.2 Å². The van der Waals surface area contributed by atoms with Crippen LogP contribution in [0.5, 0.6) is 0 Å². The average molecular weight is 367 g/mol. The van der Waals surface area contributed by atoms with Crippen LogP contribution in [-0.4, -0.2) is 24.6 Å². The molecule has 1 unspecified atom stereocenters. The fourth-order valence-electron chi connectivity index (χ4n) is 3.82. The second-order valence-electron chi connectivity index (χ2n) is 6.97. The van der Waals surface area contributed by atoms with Crippen LogP contribution >= 0.6 is 0 Å². The number of imidazole rings is 1. The largest absolute Gasteiger partial charge is 0.348 e. The summed E-state index contributed by atoms with van der Waals surface area (Å²) in [7, 11) is 3.23. The van der Waals surface area contributed by atoms with Gasteiger partial charge >= 0.3 is 5.69 Å². The van der Waals surface area contributed by atoms with Gasteiger partial charge in [-0.05, 0) is 30.4 Å². The lowest BCUT2D eigenvalue weighted by Gasteiger charge is -2.26. The van der Waals surface area contributed by atoms with Crippen LogP contribution in [0.25, 0.3) is 11.2 Å². The number of nitrogens with one attached hydrogen (secondary N) is 1. The molecule has 1 aliphatic rings. The van der Waals surface area contributed by atoms with Crippen molar-refractivity contribution in [3.63, 3.8) is 0 Å². The Morgan fingerprint density at radius 3 is 2.85 bits per heavy atom. The fraction of sp³-hybridized carbons (Fsp3) is 0.368. The van der Waals surface area contributed by atoms with Crippen molar-refractivity contribution in [2.75, 3.05) is 0 Å². The van der Waals surface area contributed by atoms with E-state index in [9.17, 15) is 14.4 Å². The van der Waals surface area contributed by atoms with Gasteiger partial charge in [0, 0.05) is 14.1 Å². The van der Waals surface area contributed by atoms with Gasteiger partial charge < -0.3 is 9.88 Å². The number of hydrogen-bond acceptors (Lipinski definition) is 4. The summed E-state index contributed by atoms with van der Waals surface area (Å²) >= 11 is 0. The molecule has 0 aliphatic heterocycles. The van der Waals surface area contributed by atoms with E-state index in [1.165, 1.54) is 16.5 Å². The maximum atomic E-state index is 12.7. The van der Waals surface area contributed by atoms with Crippen molar-refractivity contribution in [2.24, 2.45) is 14.1 Å². The van der Waals surface area contributed by atoms with Gasteiger partial charge in [-0.3, -0.25) is 14.2 Å². The van der Waals surface area contributed by atoms with Crippen LogP contribution in [-0.2, 0) is 31.9 Å². The van der Waals surface area contributed by atoms with E-state index >= 15 is 0 Å². The Labute approximate surface area is 155 Å². The van der Waals surface area contributed by atoms with E-state index in [1.54, 1.807) is 18.7 Å². The zero-order valence-electron chi connectivity index (χ0n) is 15.3. The zero-order valence-corrected chi connectivity index (χ0v) is 15.3. The Balaban J connectivity index is 1.64. The van der Waals surface area contributed by atoms with Crippen molar-refractivity contribution in [3.05, 3.63) is 62.6 Å². The van der Waals surface area contributed by atoms with Gasteiger partial charge in [-0.25, -0.2) is 14.3 Å². The number of benzene rings is 1. The van der Waals surface area contributed by atoms with E-state index in [-0.39, 0.29) is 18.5 Å². The first-order chi connectivity index (χ1) is 13.0. The third-order valence-electron chi connectivity index (χ3n) is 5.21. The Morgan fingerprint density at radius 1 is 1.26 bits per heavy atom. The first-order valence-electron chi connectivity index (χ1n) is 8.95. The smallest absolute Gasteiger partial charge is 0.332 e. The fourth-order valence-corrected chi connectivity index (χ4v) is 3.82. The van der Waals surface area contributed by atoms with Gasteiger partial charge in [-0.15, -0.1) is 0 Å². The van der Waals surface area contributed by atoms with Crippen LogP contribution in [0.1, 0.15) is 30.0 Å². The number of nitrogens with zero attached hydrogens (tertiary/aromatic N) is 4. The molecule has 0 saturated carbocycles. The minimum atomic E-state index is -0.551. The second kappa shape index (κ2) is 6.53. The first kappa shape index (κ1) is 17.3. The molecule has 8 nitrogen and oxygen atoms in total. The summed E-state index contributed by atoms with van der Waals surface area (Å²) in [6, 6.07) is 7.95. The maximum absolute atomic E-state index is 12.7. The van der Waals surface area contributed by atoms with Gasteiger partial charge in [0.2, 0.25) is 5.91 Å². The van der Waals surface area contributed by atoms with Crippen molar-refractivity contribution in [1.29, 1.82) is 0 Å². The normalized spacial score (nSPS) is 16.3. The number of aromatic nitrogens is 4. The number of rotatable bonds is 3. The third-order valence-corrected chi connectivity index (χ3v) is 5.21. The van der Waals surface area contributed by atoms with Gasteiger partial charge in [0.25, 0.3) is 5.56 Å². The Hall–Kier alpha value is -3.16. The molecule has 2 heterocycles. The molecule has 1 amide bonds. The Kier molecular flexibility index (Phi) is 4.18. The van der Waals surface area contributed by atoms with Crippen LogP contribution in [0.4, 0.5) is 0 Å². The van der Waals surface area contributed by atoms with Crippen LogP contribution in [0, 0.1) is 0 Å². The Bertz CT molecular complexity index is 1150. The number of carbonyl (C=O) groups is 1. The van der Waals surface area contributed by atoms with Crippen LogP contribution in [0.15, 0.2) is 40.2 Å². The summed E-state index contributed by atoms with van der Waals surface area (Å²) in [4.78, 5) is 42.0. The van der Waals surface area contributed by atoms with Crippen LogP contribution < -0.4 is 16.6 Å². The number of amides is 1. The minimum Gasteiger partial charge on any atom is -0.348 e. The van der Waals surface area contributed by atoms with Crippen molar-refractivity contribution >= 4 is 17.1 Å². The van der Waals surface area contributed by atoms with Crippen molar-refractivity contribution < 1.29 is 4.79 Å². The van der Waals surface area contributed by atoms with Gasteiger partial charge in [-0.1, -0.05) is 24.3 Å². The summed E-state index contributed by atoms with van der Waals surface area (Å²) < 4.78 is 3.82. The molecule has 0 bridgehead atoms. The van der Waals surface area contributed by atoms with Gasteiger partial charge in [-0.2, -0.15) is 0 Å². The first-order valence-corrected chi connectivity index (χ1v) is 8.95. The molecule has 3 aromatic rings. The molecule has 0 fully saturated rings. The standard InChI is InChI=1S/C19H21N5O3/c1-22-11-20-17-16(22)18(26)24(19(27)23(17)2)10-15(25)21-14-9-5-7-12-6-3-4-8-13(12)14/h3-4,6,8,11,14H,5,7,9-10H2,1-2H3,(H,21,25). The topological polar surface area (TPSA) is 90.9 Å². The number of hydrogen-bond donors (Lipinski definition) is 1. The Morgan fingerprint density at radius 2 is 2.04 bits per heavy atom. The summed E-state index contributed by atoms with van der Waals surface area (Å²) in [5.74, 6) is -0.350. The average Bonchev–Trinajstić information content (AvgIpc) is 3.05. The van der Waals surface area contributed by atoms with Crippen molar-refractivity contribution in [1.82, 2.24) is 24.0 Å². The highest BCUT2D eigenvalue weighted by atomic mass is 16.2. The summed E-state index contributed by atoms with van der Waals surface area (Å²) in [5.41, 5.74) is 1.90. The lowest BCUT2D eigenvalue weighted by Crippen LogP contribution is -2.44. The highest BCUT2D eigenvalue weighted by Crippen LogP contribution is 2.29. The molecule has 1 aromatic carbocycles. The maximum Gasteiger partial charge on any atom is 0.332 e. The molecule has 4 rings (SSSR count). The van der Waals surface area contributed by atoms with Crippen LogP contribution in [0.3, 0.4) is 0 Å². The number of aryl methyl sites for hydroxylation is 3. The predicted molar refractivity (Wildman–Crippen MR) is 100 cm³/mol. The predicted octanol–water partition coefficient (Wildman–Crippen LogP) is 0.627. The van der Waals surface area contributed by atoms with E-state index in [0.717, 1.165) is 29.4 Å². The van der Waals surface area contributed by atoms with E-state index in [1.807, 2.05) is 18.2 Å². The quantitative estimate of drug-likeness (QED) is 0.735. The lowest BCUT2D eigenvalue weighted by molar-refractivity contribution is -0.122. The van der Waals surface area contributed by atoms with Gasteiger partial charge in [0.05, 0.1) is 12.4 Å². The van der Waals surface area contributed by atoms with Gasteiger partial charge in [0.1, 0.15) is 6.54 Å². The van der Waals surface area contributed by atoms with Crippen molar-refractivity contribution in [2.45, 2.75) is 31.8 Å². The molecule has 0 radical (unpaired) electrons. The third kappa shape index (κ3) is 2.87. The molecule has 0 spiro atoms. The summed E-state index contributed by atoms with van der Waals surface area (Å²) in [6.45, 7) is -0.314. The molecule has 27 heavy (non-hydrogen) atoms. The molecule has 1 N–H and O–H groups in total. The monoisotopic (exact) mass is 367 g/mol. The van der Waals surface area contributed by atoms with Crippen LogP contribution in [0.2, 0.25) is 0 Å². The number of carbonyl (C=O) groups excluding carboxylic acids is 1. The molecule has 140 valence electrons. The van der Waals surface area contributed by atoms with E-state index < -0.39 is 11.2 Å². The van der Waals surface area contributed by atoms with Crippen molar-refractivity contribution in [3.8, 4) is 0 Å². The zero-order chi connectivity index (χ0) is 19.1. The molecule has 2 aromatic heterocycles. The SMILES string of the molecule is Cn1cnc2c1c(=O)n(CC(=O)NC1CCCc3ccccc31)c(=O)n2C. The molecular weight excluding hydrogens is 346 g/mol. The number of fused-ring (bicyclic) bond motifs is 2. The minimum absolute atomic E-state index is 0.0950. The second-order valence-corrected chi connectivity index (χ2v) is 6.97.